The summed E-state index contributed by atoms with van der Waals surface area (Å²) in [4.78, 5) is 0.346. The van der Waals surface area contributed by atoms with Crippen molar-refractivity contribution >= 4 is 15.6 Å². The Labute approximate surface area is 150 Å². The molecular weight excluding hydrogens is 330 g/mol. The fourth-order valence-electron chi connectivity index (χ4n) is 2.89. The summed E-state index contributed by atoms with van der Waals surface area (Å²) in [5, 5.41) is 0. The number of rotatable bonds is 3. The standard InChI is InChI=1S/C21H23NO2S/c1-18-12-14-21(15-13-18)25(23,24)22-16-8-3-2-5-11-20(17-22)19-9-6-4-7-10-19/h3-4,6-15H,2,5,16-17H2,1H3/b8-3-,20-11-. The van der Waals surface area contributed by atoms with Crippen molar-refractivity contribution in [1.29, 1.82) is 0 Å². The number of sulfonamides is 1. The van der Waals surface area contributed by atoms with Gasteiger partial charge >= 0.3 is 0 Å². The van der Waals surface area contributed by atoms with Gasteiger partial charge in [-0.15, -0.1) is 0 Å². The Morgan fingerprint density at radius 2 is 1.60 bits per heavy atom. The molecule has 2 aromatic carbocycles. The van der Waals surface area contributed by atoms with Crippen LogP contribution in [0.2, 0.25) is 0 Å². The van der Waals surface area contributed by atoms with Gasteiger partial charge in [-0.1, -0.05) is 66.3 Å². The SMILES string of the molecule is Cc1ccc(S(=O)(=O)N2C/C=C\CC/C=C(\c3ccccc3)C2)cc1. The maximum Gasteiger partial charge on any atom is 0.243 e. The topological polar surface area (TPSA) is 37.4 Å². The van der Waals surface area contributed by atoms with Crippen LogP contribution in [0.1, 0.15) is 24.0 Å². The van der Waals surface area contributed by atoms with Gasteiger partial charge in [0.1, 0.15) is 0 Å². The fraction of sp³-hybridized carbons (Fsp3) is 0.238. The van der Waals surface area contributed by atoms with E-state index in [4.69, 9.17) is 0 Å². The van der Waals surface area contributed by atoms with Crippen molar-refractivity contribution in [1.82, 2.24) is 4.31 Å². The molecule has 3 nitrogen and oxygen atoms in total. The molecule has 0 spiro atoms. The van der Waals surface area contributed by atoms with Crippen LogP contribution in [0.25, 0.3) is 5.57 Å². The normalized spacial score (nSPS) is 20.0. The smallest absolute Gasteiger partial charge is 0.207 e. The highest BCUT2D eigenvalue weighted by molar-refractivity contribution is 7.89. The third-order valence-electron chi connectivity index (χ3n) is 4.35. The van der Waals surface area contributed by atoms with Crippen molar-refractivity contribution in [3.63, 3.8) is 0 Å². The molecule has 0 aliphatic carbocycles. The zero-order valence-corrected chi connectivity index (χ0v) is 15.2. The monoisotopic (exact) mass is 353 g/mol. The number of benzene rings is 2. The second kappa shape index (κ2) is 7.81. The average Bonchev–Trinajstić information content (AvgIpc) is 2.75. The van der Waals surface area contributed by atoms with E-state index in [2.05, 4.69) is 12.2 Å². The van der Waals surface area contributed by atoms with E-state index in [1.807, 2.05) is 55.5 Å². The van der Waals surface area contributed by atoms with Crippen molar-refractivity contribution < 1.29 is 8.42 Å². The summed E-state index contributed by atoms with van der Waals surface area (Å²) in [7, 11) is -3.53. The Hall–Kier alpha value is -2.17. The molecule has 0 radical (unpaired) electrons. The van der Waals surface area contributed by atoms with Crippen LogP contribution in [-0.2, 0) is 10.0 Å². The first-order valence-electron chi connectivity index (χ1n) is 8.53. The summed E-state index contributed by atoms with van der Waals surface area (Å²) in [6.45, 7) is 2.72. The van der Waals surface area contributed by atoms with Gasteiger partial charge in [0.05, 0.1) is 4.90 Å². The van der Waals surface area contributed by atoms with E-state index < -0.39 is 10.0 Å². The van der Waals surface area contributed by atoms with Crippen molar-refractivity contribution in [3.8, 4) is 0 Å². The van der Waals surface area contributed by atoms with Gasteiger partial charge in [-0.2, -0.15) is 4.31 Å². The highest BCUT2D eigenvalue weighted by Crippen LogP contribution is 2.23. The zero-order chi connectivity index (χ0) is 17.7. The van der Waals surface area contributed by atoms with Crippen LogP contribution < -0.4 is 0 Å². The summed E-state index contributed by atoms with van der Waals surface area (Å²) in [6.07, 6.45) is 8.01. The molecule has 0 aromatic heterocycles. The maximum absolute atomic E-state index is 13.1. The van der Waals surface area contributed by atoms with Crippen molar-refractivity contribution in [2.75, 3.05) is 13.1 Å². The van der Waals surface area contributed by atoms with Gasteiger partial charge in [-0.25, -0.2) is 8.42 Å². The molecule has 0 bridgehead atoms. The lowest BCUT2D eigenvalue weighted by atomic mass is 10.0. The molecule has 0 fully saturated rings. The lowest BCUT2D eigenvalue weighted by Crippen LogP contribution is -2.32. The summed E-state index contributed by atoms with van der Waals surface area (Å²) in [5.41, 5.74) is 3.18. The number of hydrogen-bond acceptors (Lipinski definition) is 2. The molecule has 130 valence electrons. The van der Waals surface area contributed by atoms with Gasteiger partial charge in [0.15, 0.2) is 0 Å². The molecule has 0 atom stereocenters. The first-order chi connectivity index (χ1) is 12.1. The van der Waals surface area contributed by atoms with Gasteiger partial charge in [0.2, 0.25) is 10.0 Å². The first kappa shape index (κ1) is 17.6. The van der Waals surface area contributed by atoms with E-state index in [1.54, 1.807) is 16.4 Å². The van der Waals surface area contributed by atoms with E-state index in [9.17, 15) is 8.42 Å². The summed E-state index contributed by atoms with van der Waals surface area (Å²) in [6, 6.07) is 17.1. The van der Waals surface area contributed by atoms with Crippen LogP contribution in [0.5, 0.6) is 0 Å². The third kappa shape index (κ3) is 4.27. The summed E-state index contributed by atoms with van der Waals surface area (Å²) in [5.74, 6) is 0. The van der Waals surface area contributed by atoms with E-state index >= 15 is 0 Å². The van der Waals surface area contributed by atoms with Crippen LogP contribution in [0.3, 0.4) is 0 Å². The van der Waals surface area contributed by atoms with Crippen LogP contribution in [0.15, 0.2) is 77.7 Å². The van der Waals surface area contributed by atoms with Crippen LogP contribution in [-0.4, -0.2) is 25.8 Å². The number of hydrogen-bond donors (Lipinski definition) is 0. The third-order valence-corrected chi connectivity index (χ3v) is 6.18. The van der Waals surface area contributed by atoms with E-state index in [0.717, 1.165) is 29.5 Å². The second-order valence-corrected chi connectivity index (χ2v) is 8.19. The van der Waals surface area contributed by atoms with Crippen molar-refractivity contribution in [2.45, 2.75) is 24.7 Å². The highest BCUT2D eigenvalue weighted by atomic mass is 32.2. The molecule has 0 N–H and O–H groups in total. The van der Waals surface area contributed by atoms with Crippen LogP contribution in [0.4, 0.5) is 0 Å². The minimum atomic E-state index is -3.53. The van der Waals surface area contributed by atoms with Crippen LogP contribution >= 0.6 is 0 Å². The molecule has 0 saturated heterocycles. The molecule has 25 heavy (non-hydrogen) atoms. The van der Waals surface area contributed by atoms with Crippen LogP contribution in [0, 0.1) is 6.92 Å². The molecule has 0 amide bonds. The van der Waals surface area contributed by atoms with Gasteiger partial charge in [0.25, 0.3) is 0 Å². The number of nitrogens with zero attached hydrogens (tertiary/aromatic N) is 1. The second-order valence-electron chi connectivity index (χ2n) is 6.25. The van der Waals surface area contributed by atoms with E-state index in [-0.39, 0.29) is 0 Å². The van der Waals surface area contributed by atoms with E-state index in [1.165, 1.54) is 0 Å². The summed E-state index contributed by atoms with van der Waals surface area (Å²) < 4.78 is 27.8. The fourth-order valence-corrected chi connectivity index (χ4v) is 4.26. The molecule has 1 aliphatic heterocycles. The quantitative estimate of drug-likeness (QED) is 0.766. The Bertz CT molecular complexity index is 866. The average molecular weight is 353 g/mol. The Balaban J connectivity index is 1.96. The molecule has 0 saturated carbocycles. The molecule has 4 heteroatoms. The number of aryl methyl sites for hydroxylation is 1. The van der Waals surface area contributed by atoms with Gasteiger partial charge in [0, 0.05) is 13.1 Å². The maximum atomic E-state index is 13.1. The first-order valence-corrected chi connectivity index (χ1v) is 9.97. The van der Waals surface area contributed by atoms with Crippen molar-refractivity contribution in [2.24, 2.45) is 0 Å². The number of allylic oxidation sites excluding steroid dienone is 2. The lowest BCUT2D eigenvalue weighted by Gasteiger charge is -2.22. The zero-order valence-electron chi connectivity index (χ0n) is 14.4. The Morgan fingerprint density at radius 3 is 2.32 bits per heavy atom. The van der Waals surface area contributed by atoms with E-state index in [0.29, 0.717) is 18.0 Å². The van der Waals surface area contributed by atoms with Gasteiger partial charge < -0.3 is 0 Å². The minimum absolute atomic E-state index is 0.346. The van der Waals surface area contributed by atoms with Gasteiger partial charge in [-0.05, 0) is 43.0 Å². The molecule has 1 aliphatic rings. The molecular formula is C21H23NO2S. The largest absolute Gasteiger partial charge is 0.243 e. The predicted octanol–water partition coefficient (Wildman–Crippen LogP) is 4.42. The minimum Gasteiger partial charge on any atom is -0.207 e. The molecule has 0 unspecified atom stereocenters. The highest BCUT2D eigenvalue weighted by Gasteiger charge is 2.25. The Morgan fingerprint density at radius 1 is 0.880 bits per heavy atom. The molecule has 1 heterocycles. The summed E-state index contributed by atoms with van der Waals surface area (Å²) >= 11 is 0. The Kier molecular flexibility index (Phi) is 5.51. The predicted molar refractivity (Wildman–Crippen MR) is 103 cm³/mol. The van der Waals surface area contributed by atoms with Crippen molar-refractivity contribution in [3.05, 3.63) is 84.0 Å². The van der Waals surface area contributed by atoms with Gasteiger partial charge in [-0.3, -0.25) is 0 Å². The molecule has 3 rings (SSSR count). The lowest BCUT2D eigenvalue weighted by molar-refractivity contribution is 0.477. The molecule has 2 aromatic rings.